The van der Waals surface area contributed by atoms with Crippen LogP contribution in [-0.2, 0) is 9.59 Å². The number of carbonyl (C=O) groups is 2. The molecular weight excluding hydrogens is 432 g/mol. The molecule has 0 aliphatic rings. The van der Waals surface area contributed by atoms with Crippen molar-refractivity contribution >= 4 is 11.8 Å². The molecule has 0 bridgehead atoms. The predicted octanol–water partition coefficient (Wildman–Crippen LogP) is 3.30. The Labute approximate surface area is 205 Å². The first kappa shape index (κ1) is 31.5. The lowest BCUT2D eigenvalue weighted by molar-refractivity contribution is -0.129. The standard InChI is InChI=1S/C27H44N2O5/c1-7-8-13-22(31)14-11-17-28-26(34)25(27(4,5)6)29-24(33)15-10-9-12-20(2)19-21(3)23(32)16-18-30/h7-12,15,17,19,21-23,25,30-32H,13-14,16,18H2,1-6H3,(H,28,34)(H,29,33)/b8-7-,12-9-,15-10-,17-11-,20-19+/t21-,22-,23-,25+/m0/s1. The lowest BCUT2D eigenvalue weighted by atomic mass is 9.86. The number of hydrogen-bond donors (Lipinski definition) is 5. The number of carbonyl (C=O) groups excluding carboxylic acids is 2. The van der Waals surface area contributed by atoms with Gasteiger partial charge in [-0.3, -0.25) is 9.59 Å². The first-order chi connectivity index (χ1) is 15.9. The SMILES string of the molecule is C/C=C\C[C@H](O)C/C=C\NC(=O)[C@@H](NC(=O)\C=C/C=C\C(C)=C\[C@H](C)[C@@H](O)CCO)C(C)(C)C. The van der Waals surface area contributed by atoms with Gasteiger partial charge >= 0.3 is 0 Å². The highest BCUT2D eigenvalue weighted by Crippen LogP contribution is 2.19. The molecule has 34 heavy (non-hydrogen) atoms. The van der Waals surface area contributed by atoms with E-state index in [1.165, 1.54) is 12.3 Å². The van der Waals surface area contributed by atoms with Gasteiger partial charge < -0.3 is 26.0 Å². The van der Waals surface area contributed by atoms with E-state index in [9.17, 15) is 19.8 Å². The van der Waals surface area contributed by atoms with Gasteiger partial charge in [0.2, 0.25) is 11.8 Å². The average molecular weight is 477 g/mol. The van der Waals surface area contributed by atoms with Crippen LogP contribution in [0.25, 0.3) is 0 Å². The highest BCUT2D eigenvalue weighted by molar-refractivity contribution is 5.93. The first-order valence-electron chi connectivity index (χ1n) is 11.8. The van der Waals surface area contributed by atoms with Gasteiger partial charge in [-0.15, -0.1) is 0 Å². The summed E-state index contributed by atoms with van der Waals surface area (Å²) in [6.07, 6.45) is 15.5. The van der Waals surface area contributed by atoms with E-state index in [0.717, 1.165) is 5.57 Å². The van der Waals surface area contributed by atoms with E-state index < -0.39 is 23.7 Å². The normalized spacial score (nSPS) is 16.9. The van der Waals surface area contributed by atoms with E-state index in [4.69, 9.17) is 5.11 Å². The Morgan fingerprint density at radius 1 is 1.03 bits per heavy atom. The molecule has 0 aliphatic heterocycles. The molecular formula is C27H44N2O5. The summed E-state index contributed by atoms with van der Waals surface area (Å²) < 4.78 is 0. The molecule has 0 aromatic carbocycles. The van der Waals surface area contributed by atoms with Crippen molar-refractivity contribution in [3.05, 3.63) is 60.4 Å². The molecule has 7 nitrogen and oxygen atoms in total. The van der Waals surface area contributed by atoms with Crippen LogP contribution in [-0.4, -0.2) is 52.0 Å². The van der Waals surface area contributed by atoms with Crippen LogP contribution in [0.15, 0.2) is 60.4 Å². The highest BCUT2D eigenvalue weighted by atomic mass is 16.3. The van der Waals surface area contributed by atoms with Crippen molar-refractivity contribution in [3.8, 4) is 0 Å². The molecule has 0 fully saturated rings. The van der Waals surface area contributed by atoms with Crippen molar-refractivity contribution in [1.82, 2.24) is 10.6 Å². The Morgan fingerprint density at radius 3 is 2.24 bits per heavy atom. The van der Waals surface area contributed by atoms with Crippen molar-refractivity contribution in [2.24, 2.45) is 11.3 Å². The molecule has 0 saturated heterocycles. The number of aliphatic hydroxyl groups is 3. The fourth-order valence-electron chi connectivity index (χ4n) is 3.03. The van der Waals surface area contributed by atoms with E-state index in [0.29, 0.717) is 19.3 Å². The predicted molar refractivity (Wildman–Crippen MR) is 138 cm³/mol. The summed E-state index contributed by atoms with van der Waals surface area (Å²) in [5, 5.41) is 34.0. The fourth-order valence-corrected chi connectivity index (χ4v) is 3.03. The molecule has 4 atom stereocenters. The third-order valence-corrected chi connectivity index (χ3v) is 5.09. The van der Waals surface area contributed by atoms with Crippen LogP contribution >= 0.6 is 0 Å². The molecule has 192 valence electrons. The van der Waals surface area contributed by atoms with E-state index in [-0.39, 0.29) is 24.3 Å². The molecule has 0 unspecified atom stereocenters. The Balaban J connectivity index is 4.88. The van der Waals surface area contributed by atoms with Crippen LogP contribution in [0, 0.1) is 11.3 Å². The highest BCUT2D eigenvalue weighted by Gasteiger charge is 2.31. The van der Waals surface area contributed by atoms with Crippen molar-refractivity contribution in [2.45, 2.75) is 79.1 Å². The van der Waals surface area contributed by atoms with E-state index in [1.807, 2.05) is 65.8 Å². The van der Waals surface area contributed by atoms with Gasteiger partial charge in [-0.2, -0.15) is 0 Å². The Bertz CT molecular complexity index is 759. The summed E-state index contributed by atoms with van der Waals surface area (Å²) in [5.74, 6) is -0.822. The number of rotatable bonds is 14. The third kappa shape index (κ3) is 14.6. The topological polar surface area (TPSA) is 119 Å². The quantitative estimate of drug-likeness (QED) is 0.150. The van der Waals surface area contributed by atoms with Crippen LogP contribution < -0.4 is 10.6 Å². The second kappa shape index (κ2) is 17.0. The minimum Gasteiger partial charge on any atom is -0.396 e. The van der Waals surface area contributed by atoms with Gasteiger partial charge in [-0.25, -0.2) is 0 Å². The van der Waals surface area contributed by atoms with Gasteiger partial charge in [-0.1, -0.05) is 75.8 Å². The summed E-state index contributed by atoms with van der Waals surface area (Å²) in [6.45, 7) is 11.2. The molecule has 7 heteroatoms. The molecule has 0 aromatic heterocycles. The van der Waals surface area contributed by atoms with Crippen LogP contribution in [0.5, 0.6) is 0 Å². The maximum Gasteiger partial charge on any atom is 0.247 e. The Hall–Kier alpha value is -2.48. The molecule has 2 amide bonds. The molecule has 5 N–H and O–H groups in total. The van der Waals surface area contributed by atoms with Gasteiger partial charge in [0.05, 0.1) is 12.2 Å². The van der Waals surface area contributed by atoms with Crippen LogP contribution in [0.3, 0.4) is 0 Å². The van der Waals surface area contributed by atoms with E-state index >= 15 is 0 Å². The van der Waals surface area contributed by atoms with Crippen LogP contribution in [0.4, 0.5) is 0 Å². The first-order valence-corrected chi connectivity index (χ1v) is 11.8. The minimum atomic E-state index is -0.748. The molecule has 0 rings (SSSR count). The summed E-state index contributed by atoms with van der Waals surface area (Å²) in [4.78, 5) is 25.0. The summed E-state index contributed by atoms with van der Waals surface area (Å²) in [6, 6.07) is -0.748. The average Bonchev–Trinajstić information content (AvgIpc) is 2.75. The Kier molecular flexibility index (Phi) is 15.8. The molecule has 0 heterocycles. The largest absolute Gasteiger partial charge is 0.396 e. The maximum absolute atomic E-state index is 12.6. The van der Waals surface area contributed by atoms with Crippen molar-refractivity contribution < 1.29 is 24.9 Å². The lowest BCUT2D eigenvalue weighted by Crippen LogP contribution is -2.52. The number of allylic oxidation sites excluding steroid dienone is 5. The number of aliphatic hydroxyl groups excluding tert-OH is 3. The zero-order valence-electron chi connectivity index (χ0n) is 21.5. The van der Waals surface area contributed by atoms with Gasteiger partial charge in [0.1, 0.15) is 6.04 Å². The van der Waals surface area contributed by atoms with Crippen molar-refractivity contribution in [2.75, 3.05) is 6.61 Å². The van der Waals surface area contributed by atoms with Gasteiger partial charge in [0, 0.05) is 18.6 Å². The van der Waals surface area contributed by atoms with Crippen molar-refractivity contribution in [3.63, 3.8) is 0 Å². The van der Waals surface area contributed by atoms with Gasteiger partial charge in [-0.05, 0) is 44.7 Å². The molecule has 0 aromatic rings. The second-order valence-electron chi connectivity index (χ2n) is 9.48. The molecule has 0 aliphatic carbocycles. The number of nitrogens with one attached hydrogen (secondary N) is 2. The van der Waals surface area contributed by atoms with Crippen LogP contribution in [0.1, 0.15) is 60.8 Å². The van der Waals surface area contributed by atoms with E-state index in [1.54, 1.807) is 18.2 Å². The number of amides is 2. The minimum absolute atomic E-state index is 0.0596. The zero-order chi connectivity index (χ0) is 26.1. The number of hydrogen-bond acceptors (Lipinski definition) is 5. The maximum atomic E-state index is 12.6. The fraction of sp³-hybridized carbons (Fsp3) is 0.556. The lowest BCUT2D eigenvalue weighted by Gasteiger charge is -2.29. The van der Waals surface area contributed by atoms with Gasteiger partial charge in [0.15, 0.2) is 0 Å². The molecule has 0 saturated carbocycles. The monoisotopic (exact) mass is 476 g/mol. The zero-order valence-corrected chi connectivity index (χ0v) is 21.5. The third-order valence-electron chi connectivity index (χ3n) is 5.09. The smallest absolute Gasteiger partial charge is 0.247 e. The van der Waals surface area contributed by atoms with E-state index in [2.05, 4.69) is 10.6 Å². The summed E-state index contributed by atoms with van der Waals surface area (Å²) in [7, 11) is 0. The van der Waals surface area contributed by atoms with Crippen LogP contribution in [0.2, 0.25) is 0 Å². The molecule has 0 radical (unpaired) electrons. The second-order valence-corrected chi connectivity index (χ2v) is 9.48. The Morgan fingerprint density at radius 2 is 1.65 bits per heavy atom. The summed E-state index contributed by atoms with van der Waals surface area (Å²) in [5.41, 5.74) is 0.414. The van der Waals surface area contributed by atoms with Gasteiger partial charge in [0.25, 0.3) is 0 Å². The molecule has 0 spiro atoms. The summed E-state index contributed by atoms with van der Waals surface area (Å²) >= 11 is 0. The van der Waals surface area contributed by atoms with Crippen molar-refractivity contribution in [1.29, 1.82) is 0 Å².